The molecule has 1 aromatic rings. The predicted octanol–water partition coefficient (Wildman–Crippen LogP) is 3.65. The molecule has 1 heterocycles. The molecule has 0 aliphatic carbocycles. The Hall–Kier alpha value is -0.930. The summed E-state index contributed by atoms with van der Waals surface area (Å²) in [6, 6.07) is 4.57. The molecule has 2 rings (SSSR count). The fourth-order valence-corrected chi connectivity index (χ4v) is 3.22. The highest BCUT2D eigenvalue weighted by Gasteiger charge is 2.21. The van der Waals surface area contributed by atoms with E-state index in [4.69, 9.17) is 0 Å². The van der Waals surface area contributed by atoms with E-state index in [1.165, 1.54) is 18.4 Å². The zero-order chi connectivity index (χ0) is 15.4. The quantitative estimate of drug-likeness (QED) is 0.911. The van der Waals surface area contributed by atoms with Crippen molar-refractivity contribution in [3.8, 4) is 0 Å². The summed E-state index contributed by atoms with van der Waals surface area (Å²) in [4.78, 5) is 2.52. The molecule has 0 radical (unpaired) electrons. The number of aryl methyl sites for hydroxylation is 2. The Bertz CT molecular complexity index is 449. The van der Waals surface area contributed by atoms with Crippen molar-refractivity contribution in [1.82, 2.24) is 10.2 Å². The molecule has 0 aromatic heterocycles. The molecule has 1 N–H and O–H groups in total. The van der Waals surface area contributed by atoms with Crippen molar-refractivity contribution in [3.63, 3.8) is 0 Å². The fraction of sp³-hybridized carbons (Fsp3) is 0.667. The molecular formula is C18H29FN2. The topological polar surface area (TPSA) is 15.3 Å². The lowest BCUT2D eigenvalue weighted by atomic mass is 9.98. The van der Waals surface area contributed by atoms with Crippen molar-refractivity contribution in [1.29, 1.82) is 0 Å². The minimum absolute atomic E-state index is 0.0613. The molecule has 2 atom stereocenters. The van der Waals surface area contributed by atoms with Gasteiger partial charge in [0.05, 0.1) is 0 Å². The number of nitrogens with one attached hydrogen (secondary N) is 1. The van der Waals surface area contributed by atoms with Crippen molar-refractivity contribution in [2.75, 3.05) is 19.6 Å². The number of hydrogen-bond donors (Lipinski definition) is 1. The molecule has 2 nitrogen and oxygen atoms in total. The Morgan fingerprint density at radius 3 is 2.62 bits per heavy atom. The highest BCUT2D eigenvalue weighted by atomic mass is 19.1. The van der Waals surface area contributed by atoms with E-state index >= 15 is 0 Å². The minimum atomic E-state index is -0.0613. The van der Waals surface area contributed by atoms with E-state index in [1.807, 2.05) is 26.0 Å². The normalized spacial score (nSPS) is 22.0. The maximum absolute atomic E-state index is 13.7. The van der Waals surface area contributed by atoms with Gasteiger partial charge >= 0.3 is 0 Å². The summed E-state index contributed by atoms with van der Waals surface area (Å²) < 4.78 is 13.7. The SMILES string of the molecule is CCC(C)C1CN(Cc2cc(C)c(F)c(C)c2)CCCN1. The Morgan fingerprint density at radius 1 is 1.33 bits per heavy atom. The second-order valence-electron chi connectivity index (χ2n) is 6.58. The van der Waals surface area contributed by atoms with Gasteiger partial charge in [0.1, 0.15) is 5.82 Å². The van der Waals surface area contributed by atoms with Crippen molar-refractivity contribution in [2.45, 2.75) is 53.1 Å². The lowest BCUT2D eigenvalue weighted by Crippen LogP contribution is -2.41. The first kappa shape index (κ1) is 16.4. The first-order valence-corrected chi connectivity index (χ1v) is 8.22. The average Bonchev–Trinajstić information content (AvgIpc) is 2.69. The molecule has 0 amide bonds. The lowest BCUT2D eigenvalue weighted by Gasteiger charge is -2.28. The van der Waals surface area contributed by atoms with Crippen molar-refractivity contribution in [2.24, 2.45) is 5.92 Å². The molecule has 1 fully saturated rings. The molecular weight excluding hydrogens is 263 g/mol. The Kier molecular flexibility index (Phi) is 5.77. The number of hydrogen-bond acceptors (Lipinski definition) is 2. The Labute approximate surface area is 128 Å². The second kappa shape index (κ2) is 7.37. The van der Waals surface area contributed by atoms with Gasteiger partial charge in [0.25, 0.3) is 0 Å². The number of rotatable bonds is 4. The van der Waals surface area contributed by atoms with Gasteiger partial charge in [-0.05, 0) is 56.0 Å². The monoisotopic (exact) mass is 292 g/mol. The van der Waals surface area contributed by atoms with Crippen molar-refractivity contribution < 1.29 is 4.39 Å². The van der Waals surface area contributed by atoms with Crippen LogP contribution in [0.3, 0.4) is 0 Å². The zero-order valence-electron chi connectivity index (χ0n) is 13.9. The zero-order valence-corrected chi connectivity index (χ0v) is 13.9. The van der Waals surface area contributed by atoms with Crippen LogP contribution in [0.15, 0.2) is 12.1 Å². The van der Waals surface area contributed by atoms with E-state index in [-0.39, 0.29) is 5.82 Å². The molecule has 1 aliphatic rings. The van der Waals surface area contributed by atoms with Crippen LogP contribution in [0.1, 0.15) is 43.4 Å². The molecule has 0 bridgehead atoms. The summed E-state index contributed by atoms with van der Waals surface area (Å²) in [5.41, 5.74) is 2.75. The van der Waals surface area contributed by atoms with Crippen LogP contribution in [0.25, 0.3) is 0 Å². The standard InChI is InChI=1S/C18H29FN2/c1-5-13(2)17-12-21(8-6-7-20-17)11-16-9-14(3)18(19)15(4)10-16/h9-10,13,17,20H,5-8,11-12H2,1-4H3. The van der Waals surface area contributed by atoms with E-state index in [1.54, 1.807) is 0 Å². The van der Waals surface area contributed by atoms with E-state index in [9.17, 15) is 4.39 Å². The van der Waals surface area contributed by atoms with Gasteiger partial charge in [0.2, 0.25) is 0 Å². The summed E-state index contributed by atoms with van der Waals surface area (Å²) in [5.74, 6) is 0.635. The molecule has 1 aliphatic heterocycles. The third-order valence-electron chi connectivity index (χ3n) is 4.75. The van der Waals surface area contributed by atoms with Crippen LogP contribution in [0.2, 0.25) is 0 Å². The Balaban J connectivity index is 2.07. The van der Waals surface area contributed by atoms with E-state index in [0.717, 1.165) is 37.3 Å². The van der Waals surface area contributed by atoms with Crippen molar-refractivity contribution in [3.05, 3.63) is 34.6 Å². The van der Waals surface area contributed by atoms with Gasteiger partial charge in [-0.2, -0.15) is 0 Å². The van der Waals surface area contributed by atoms with Gasteiger partial charge in [0, 0.05) is 19.1 Å². The molecule has 0 spiro atoms. The molecule has 1 aromatic carbocycles. The van der Waals surface area contributed by atoms with Crippen molar-refractivity contribution >= 4 is 0 Å². The van der Waals surface area contributed by atoms with Crippen LogP contribution >= 0.6 is 0 Å². The summed E-state index contributed by atoms with van der Waals surface area (Å²) >= 11 is 0. The van der Waals surface area contributed by atoms with Crippen LogP contribution in [0, 0.1) is 25.6 Å². The van der Waals surface area contributed by atoms with Crippen LogP contribution < -0.4 is 5.32 Å². The number of benzene rings is 1. The average molecular weight is 292 g/mol. The highest BCUT2D eigenvalue weighted by molar-refractivity contribution is 5.30. The molecule has 21 heavy (non-hydrogen) atoms. The van der Waals surface area contributed by atoms with Crippen LogP contribution in [0.4, 0.5) is 4.39 Å². The lowest BCUT2D eigenvalue weighted by molar-refractivity contribution is 0.231. The van der Waals surface area contributed by atoms with Gasteiger partial charge in [-0.3, -0.25) is 4.90 Å². The third-order valence-corrected chi connectivity index (χ3v) is 4.75. The fourth-order valence-electron chi connectivity index (χ4n) is 3.22. The summed E-state index contributed by atoms with van der Waals surface area (Å²) in [5, 5.41) is 3.68. The molecule has 0 saturated carbocycles. The predicted molar refractivity (Wildman–Crippen MR) is 87.0 cm³/mol. The van der Waals surface area contributed by atoms with Gasteiger partial charge in [0.15, 0.2) is 0 Å². The number of nitrogens with zero attached hydrogens (tertiary/aromatic N) is 1. The van der Waals surface area contributed by atoms with Gasteiger partial charge in [-0.25, -0.2) is 4.39 Å². The molecule has 118 valence electrons. The maximum Gasteiger partial charge on any atom is 0.129 e. The first-order valence-electron chi connectivity index (χ1n) is 8.22. The second-order valence-corrected chi connectivity index (χ2v) is 6.58. The molecule has 1 saturated heterocycles. The maximum atomic E-state index is 13.7. The summed E-state index contributed by atoms with van der Waals surface area (Å²) in [6.45, 7) is 12.5. The van der Waals surface area contributed by atoms with E-state index in [2.05, 4.69) is 24.1 Å². The minimum Gasteiger partial charge on any atom is -0.312 e. The van der Waals surface area contributed by atoms with Crippen LogP contribution in [-0.2, 0) is 6.54 Å². The molecule has 2 unspecified atom stereocenters. The summed E-state index contributed by atoms with van der Waals surface area (Å²) in [6.07, 6.45) is 2.40. The largest absolute Gasteiger partial charge is 0.312 e. The third kappa shape index (κ3) is 4.27. The van der Waals surface area contributed by atoms with Crippen LogP contribution in [0.5, 0.6) is 0 Å². The van der Waals surface area contributed by atoms with Gasteiger partial charge in [-0.1, -0.05) is 32.4 Å². The van der Waals surface area contributed by atoms with Crippen LogP contribution in [-0.4, -0.2) is 30.6 Å². The highest BCUT2D eigenvalue weighted by Crippen LogP contribution is 2.18. The van der Waals surface area contributed by atoms with Gasteiger partial charge < -0.3 is 5.32 Å². The Morgan fingerprint density at radius 2 is 2.00 bits per heavy atom. The number of halogens is 1. The van der Waals surface area contributed by atoms with Gasteiger partial charge in [-0.15, -0.1) is 0 Å². The first-order chi connectivity index (χ1) is 10.0. The van der Waals surface area contributed by atoms with E-state index < -0.39 is 0 Å². The smallest absolute Gasteiger partial charge is 0.129 e. The van der Waals surface area contributed by atoms with E-state index in [0.29, 0.717) is 12.0 Å². The summed E-state index contributed by atoms with van der Waals surface area (Å²) in [7, 11) is 0. The molecule has 3 heteroatoms.